The van der Waals surface area contributed by atoms with E-state index in [1.54, 1.807) is 36.4 Å². The Hall–Kier alpha value is -2.34. The number of amides is 1. The van der Waals surface area contributed by atoms with Gasteiger partial charge in [-0.3, -0.25) is 4.79 Å². The zero-order valence-electron chi connectivity index (χ0n) is 10.8. The van der Waals surface area contributed by atoms with Gasteiger partial charge in [-0.1, -0.05) is 24.3 Å². The van der Waals surface area contributed by atoms with E-state index in [1.165, 1.54) is 12.1 Å². The third-order valence-corrected chi connectivity index (χ3v) is 3.90. The Morgan fingerprint density at radius 2 is 1.65 bits per heavy atom. The molecule has 0 aliphatic rings. The maximum Gasteiger partial charge on any atom is 0.257 e. The number of carbonyl (C=O) groups excluding carboxylic acids is 1. The van der Waals surface area contributed by atoms with Crippen LogP contribution in [0.5, 0.6) is 0 Å². The molecule has 0 atom stereocenters. The number of hydrogen-bond acceptors (Lipinski definition) is 4. The van der Waals surface area contributed by atoms with Crippen LogP contribution in [-0.2, 0) is 9.84 Å². The lowest BCUT2D eigenvalue weighted by molar-refractivity contribution is 0.102. The molecule has 5 nitrogen and oxygen atoms in total. The normalized spacial score (nSPS) is 11.1. The molecule has 0 radical (unpaired) electrons. The molecule has 2 aromatic carbocycles. The second-order valence-electron chi connectivity index (χ2n) is 4.31. The summed E-state index contributed by atoms with van der Waals surface area (Å²) in [5.74, 6) is -0.445. The summed E-state index contributed by atoms with van der Waals surface area (Å²) in [6, 6.07) is 12.8. The lowest BCUT2D eigenvalue weighted by Gasteiger charge is -2.10. The van der Waals surface area contributed by atoms with Crippen molar-refractivity contribution in [1.82, 2.24) is 0 Å². The summed E-state index contributed by atoms with van der Waals surface area (Å²) in [5.41, 5.74) is 6.60. The zero-order valence-corrected chi connectivity index (χ0v) is 11.6. The van der Waals surface area contributed by atoms with E-state index in [9.17, 15) is 13.2 Å². The van der Waals surface area contributed by atoms with E-state index in [0.717, 1.165) is 6.26 Å². The Morgan fingerprint density at radius 1 is 1.05 bits per heavy atom. The van der Waals surface area contributed by atoms with E-state index in [2.05, 4.69) is 5.32 Å². The Balaban J connectivity index is 2.37. The van der Waals surface area contributed by atoms with Crippen LogP contribution in [0, 0.1) is 0 Å². The fourth-order valence-electron chi connectivity index (χ4n) is 1.79. The molecule has 0 unspecified atom stereocenters. The summed E-state index contributed by atoms with van der Waals surface area (Å²) in [6.45, 7) is 0. The first kappa shape index (κ1) is 14.1. The average molecular weight is 290 g/mol. The van der Waals surface area contributed by atoms with Crippen molar-refractivity contribution in [1.29, 1.82) is 0 Å². The molecule has 0 aromatic heterocycles. The smallest absolute Gasteiger partial charge is 0.257 e. The third-order valence-electron chi connectivity index (χ3n) is 2.74. The molecule has 0 fully saturated rings. The second-order valence-corrected chi connectivity index (χ2v) is 6.29. The lowest BCUT2D eigenvalue weighted by Crippen LogP contribution is -2.16. The Kier molecular flexibility index (Phi) is 3.76. The Bertz CT molecular complexity index is 755. The Morgan fingerprint density at radius 3 is 2.30 bits per heavy atom. The molecule has 1 amide bonds. The highest BCUT2D eigenvalue weighted by Gasteiger charge is 2.16. The number of hydrogen-bond donors (Lipinski definition) is 2. The number of rotatable bonds is 3. The number of sulfone groups is 1. The van der Waals surface area contributed by atoms with Crippen LogP contribution >= 0.6 is 0 Å². The minimum atomic E-state index is -3.42. The van der Waals surface area contributed by atoms with Gasteiger partial charge in [0.25, 0.3) is 5.91 Å². The van der Waals surface area contributed by atoms with Crippen LogP contribution < -0.4 is 11.1 Å². The minimum Gasteiger partial charge on any atom is -0.398 e. The lowest BCUT2D eigenvalue weighted by atomic mass is 10.1. The molecule has 20 heavy (non-hydrogen) atoms. The Labute approximate surface area is 117 Å². The predicted octanol–water partition coefficient (Wildman–Crippen LogP) is 1.92. The van der Waals surface area contributed by atoms with E-state index in [-0.39, 0.29) is 10.6 Å². The van der Waals surface area contributed by atoms with E-state index in [4.69, 9.17) is 5.73 Å². The average Bonchev–Trinajstić information content (AvgIpc) is 2.38. The number of carbonyl (C=O) groups is 1. The van der Waals surface area contributed by atoms with E-state index in [0.29, 0.717) is 11.3 Å². The maximum atomic E-state index is 12.1. The van der Waals surface area contributed by atoms with Crippen molar-refractivity contribution in [2.75, 3.05) is 17.3 Å². The number of anilines is 2. The van der Waals surface area contributed by atoms with Crippen LogP contribution in [-0.4, -0.2) is 20.6 Å². The van der Waals surface area contributed by atoms with Crippen LogP contribution in [0.25, 0.3) is 0 Å². The van der Waals surface area contributed by atoms with Gasteiger partial charge in [-0.25, -0.2) is 8.42 Å². The first-order valence-electron chi connectivity index (χ1n) is 5.84. The van der Waals surface area contributed by atoms with Gasteiger partial charge in [0.15, 0.2) is 9.84 Å². The van der Waals surface area contributed by atoms with Gasteiger partial charge in [0, 0.05) is 11.9 Å². The highest BCUT2D eigenvalue weighted by atomic mass is 32.2. The minimum absolute atomic E-state index is 0.0721. The monoisotopic (exact) mass is 290 g/mol. The number of nitrogens with two attached hydrogens (primary N) is 1. The molecule has 104 valence electrons. The summed E-state index contributed by atoms with van der Waals surface area (Å²) >= 11 is 0. The summed E-state index contributed by atoms with van der Waals surface area (Å²) < 4.78 is 23.3. The van der Waals surface area contributed by atoms with Gasteiger partial charge in [-0.2, -0.15) is 0 Å². The first-order chi connectivity index (χ1) is 9.39. The topological polar surface area (TPSA) is 89.3 Å². The molecule has 0 saturated heterocycles. The summed E-state index contributed by atoms with van der Waals surface area (Å²) in [4.78, 5) is 12.2. The van der Waals surface area contributed by atoms with Gasteiger partial charge in [-0.15, -0.1) is 0 Å². The standard InChI is InChI=1S/C14H14N2O3S/c1-20(18,19)13-9-5-4-8-12(13)16-14(17)10-6-2-3-7-11(10)15/h2-9H,15H2,1H3,(H,16,17). The SMILES string of the molecule is CS(=O)(=O)c1ccccc1NC(=O)c1ccccc1N. The molecule has 2 aromatic rings. The quantitative estimate of drug-likeness (QED) is 0.845. The molecule has 0 heterocycles. The molecule has 6 heteroatoms. The molecule has 3 N–H and O–H groups in total. The molecule has 0 spiro atoms. The van der Waals surface area contributed by atoms with E-state index in [1.807, 2.05) is 0 Å². The van der Waals surface area contributed by atoms with Crippen molar-refractivity contribution < 1.29 is 13.2 Å². The molecular formula is C14H14N2O3S. The highest BCUT2D eigenvalue weighted by Crippen LogP contribution is 2.22. The van der Waals surface area contributed by atoms with Crippen LogP contribution in [0.15, 0.2) is 53.4 Å². The second kappa shape index (κ2) is 5.34. The van der Waals surface area contributed by atoms with Crippen LogP contribution in [0.3, 0.4) is 0 Å². The first-order valence-corrected chi connectivity index (χ1v) is 7.73. The van der Waals surface area contributed by atoms with Crippen molar-refractivity contribution >= 4 is 27.1 Å². The van der Waals surface area contributed by atoms with Crippen LogP contribution in [0.4, 0.5) is 11.4 Å². The molecular weight excluding hydrogens is 276 g/mol. The van der Waals surface area contributed by atoms with Gasteiger partial charge in [-0.05, 0) is 24.3 Å². The molecule has 0 aliphatic heterocycles. The van der Waals surface area contributed by atoms with Crippen LogP contribution in [0.2, 0.25) is 0 Å². The summed E-state index contributed by atoms with van der Waals surface area (Å²) in [7, 11) is -3.42. The fraction of sp³-hybridized carbons (Fsp3) is 0.0714. The van der Waals surface area contributed by atoms with Crippen molar-refractivity contribution in [2.24, 2.45) is 0 Å². The molecule has 0 aliphatic carbocycles. The molecule has 0 bridgehead atoms. The maximum absolute atomic E-state index is 12.1. The van der Waals surface area contributed by atoms with Gasteiger partial charge >= 0.3 is 0 Å². The van der Waals surface area contributed by atoms with Crippen molar-refractivity contribution in [3.63, 3.8) is 0 Å². The van der Waals surface area contributed by atoms with Crippen molar-refractivity contribution in [3.8, 4) is 0 Å². The predicted molar refractivity (Wildman–Crippen MR) is 78.4 cm³/mol. The molecule has 0 saturated carbocycles. The largest absolute Gasteiger partial charge is 0.398 e. The zero-order chi connectivity index (χ0) is 14.8. The number of nitrogens with one attached hydrogen (secondary N) is 1. The van der Waals surface area contributed by atoms with Crippen LogP contribution in [0.1, 0.15) is 10.4 Å². The number of nitrogen functional groups attached to an aromatic ring is 1. The highest BCUT2D eigenvalue weighted by molar-refractivity contribution is 7.90. The fourth-order valence-corrected chi connectivity index (χ4v) is 2.63. The van der Waals surface area contributed by atoms with Gasteiger partial charge in [0.05, 0.1) is 16.1 Å². The van der Waals surface area contributed by atoms with Gasteiger partial charge in [0.2, 0.25) is 0 Å². The summed E-state index contributed by atoms with van der Waals surface area (Å²) in [6.07, 6.45) is 1.09. The van der Waals surface area contributed by atoms with Gasteiger partial charge < -0.3 is 11.1 Å². The van der Waals surface area contributed by atoms with Gasteiger partial charge in [0.1, 0.15) is 0 Å². The molecule has 2 rings (SSSR count). The van der Waals surface area contributed by atoms with E-state index < -0.39 is 15.7 Å². The third kappa shape index (κ3) is 2.97. The van der Waals surface area contributed by atoms with Crippen molar-refractivity contribution in [3.05, 3.63) is 54.1 Å². The summed E-state index contributed by atoms with van der Waals surface area (Å²) in [5, 5.41) is 2.58. The van der Waals surface area contributed by atoms with Crippen molar-refractivity contribution in [2.45, 2.75) is 4.90 Å². The number of para-hydroxylation sites is 2. The van der Waals surface area contributed by atoms with E-state index >= 15 is 0 Å². The number of benzene rings is 2.